The summed E-state index contributed by atoms with van der Waals surface area (Å²) in [6.07, 6.45) is 1.88. The van der Waals surface area contributed by atoms with Crippen molar-refractivity contribution in [2.75, 3.05) is 0 Å². The van der Waals surface area contributed by atoms with Gasteiger partial charge in [-0.25, -0.2) is 4.79 Å². The molecular weight excluding hydrogens is 224 g/mol. The summed E-state index contributed by atoms with van der Waals surface area (Å²) in [6, 6.07) is 7.52. The molecule has 0 radical (unpaired) electrons. The second-order valence-corrected chi connectivity index (χ2v) is 6.01. The Labute approximate surface area is 110 Å². The largest absolute Gasteiger partial charge is 0.456 e. The standard InChI is InChI=1S/C16H22O2/c1-7-16(5,6)13-10-8-9-12(11-13)14(17)18-15(2,3)4/h7-11H,1H2,2-6H3. The van der Waals surface area contributed by atoms with Crippen LogP contribution in [0.1, 0.15) is 50.5 Å². The van der Waals surface area contributed by atoms with Crippen LogP contribution in [0.25, 0.3) is 0 Å². The molecular formula is C16H22O2. The van der Waals surface area contributed by atoms with Crippen molar-refractivity contribution in [3.05, 3.63) is 48.0 Å². The van der Waals surface area contributed by atoms with E-state index in [0.29, 0.717) is 5.56 Å². The number of allylic oxidation sites excluding steroid dienone is 1. The molecule has 0 amide bonds. The van der Waals surface area contributed by atoms with Crippen molar-refractivity contribution in [1.82, 2.24) is 0 Å². The van der Waals surface area contributed by atoms with Crippen molar-refractivity contribution >= 4 is 5.97 Å². The van der Waals surface area contributed by atoms with Crippen molar-refractivity contribution in [1.29, 1.82) is 0 Å². The van der Waals surface area contributed by atoms with Crippen LogP contribution in [0.5, 0.6) is 0 Å². The van der Waals surface area contributed by atoms with Gasteiger partial charge in [0.2, 0.25) is 0 Å². The van der Waals surface area contributed by atoms with Gasteiger partial charge >= 0.3 is 5.97 Å². The van der Waals surface area contributed by atoms with Crippen molar-refractivity contribution in [3.8, 4) is 0 Å². The summed E-state index contributed by atoms with van der Waals surface area (Å²) in [5, 5.41) is 0. The molecule has 0 bridgehead atoms. The van der Waals surface area contributed by atoms with Crippen molar-refractivity contribution in [2.24, 2.45) is 0 Å². The van der Waals surface area contributed by atoms with Crippen LogP contribution in [-0.2, 0) is 10.2 Å². The van der Waals surface area contributed by atoms with Crippen LogP contribution < -0.4 is 0 Å². The van der Waals surface area contributed by atoms with Gasteiger partial charge in [0.1, 0.15) is 5.60 Å². The molecule has 0 saturated carbocycles. The fourth-order valence-corrected chi connectivity index (χ4v) is 1.50. The van der Waals surface area contributed by atoms with E-state index in [-0.39, 0.29) is 11.4 Å². The minimum atomic E-state index is -0.471. The van der Waals surface area contributed by atoms with Crippen LogP contribution in [-0.4, -0.2) is 11.6 Å². The zero-order chi connectivity index (χ0) is 14.0. The van der Waals surface area contributed by atoms with Crippen LogP contribution in [0.2, 0.25) is 0 Å². The third kappa shape index (κ3) is 3.73. The molecule has 1 rings (SSSR count). The third-order valence-corrected chi connectivity index (χ3v) is 2.75. The molecule has 98 valence electrons. The molecule has 0 saturated heterocycles. The number of rotatable bonds is 3. The van der Waals surface area contributed by atoms with Crippen molar-refractivity contribution < 1.29 is 9.53 Å². The van der Waals surface area contributed by atoms with E-state index in [1.807, 2.05) is 45.0 Å². The number of benzene rings is 1. The summed E-state index contributed by atoms with van der Waals surface area (Å²) < 4.78 is 5.36. The first-order valence-electron chi connectivity index (χ1n) is 6.13. The molecule has 2 heteroatoms. The van der Waals surface area contributed by atoms with Crippen LogP contribution in [0.15, 0.2) is 36.9 Å². The molecule has 0 N–H and O–H groups in total. The number of esters is 1. The van der Waals surface area contributed by atoms with Gasteiger partial charge < -0.3 is 4.74 Å². The summed E-state index contributed by atoms with van der Waals surface area (Å²) in [7, 11) is 0. The first kappa shape index (κ1) is 14.5. The molecule has 0 aliphatic carbocycles. The quantitative estimate of drug-likeness (QED) is 0.592. The lowest BCUT2D eigenvalue weighted by Crippen LogP contribution is -2.24. The molecule has 0 atom stereocenters. The minimum absolute atomic E-state index is 0.155. The summed E-state index contributed by atoms with van der Waals surface area (Å²) in [4.78, 5) is 12.0. The normalized spacial score (nSPS) is 12.1. The van der Waals surface area contributed by atoms with Gasteiger partial charge in [0.25, 0.3) is 0 Å². The molecule has 0 fully saturated rings. The molecule has 1 aromatic carbocycles. The van der Waals surface area contributed by atoms with E-state index in [4.69, 9.17) is 4.74 Å². The fraction of sp³-hybridized carbons (Fsp3) is 0.438. The highest BCUT2D eigenvalue weighted by atomic mass is 16.6. The van der Waals surface area contributed by atoms with E-state index in [1.54, 1.807) is 6.07 Å². The molecule has 0 unspecified atom stereocenters. The van der Waals surface area contributed by atoms with Crippen LogP contribution in [0.4, 0.5) is 0 Å². The first-order chi connectivity index (χ1) is 8.15. The van der Waals surface area contributed by atoms with Gasteiger partial charge in [-0.3, -0.25) is 0 Å². The molecule has 1 aromatic rings. The maximum absolute atomic E-state index is 12.0. The van der Waals surface area contributed by atoms with Crippen LogP contribution in [0, 0.1) is 0 Å². The highest BCUT2D eigenvalue weighted by Gasteiger charge is 2.21. The average molecular weight is 246 g/mol. The second kappa shape index (κ2) is 4.97. The van der Waals surface area contributed by atoms with Crippen molar-refractivity contribution in [2.45, 2.75) is 45.6 Å². The minimum Gasteiger partial charge on any atom is -0.456 e. The van der Waals surface area contributed by atoms with Gasteiger partial charge in [0, 0.05) is 5.41 Å². The Morgan fingerprint density at radius 3 is 2.33 bits per heavy atom. The van der Waals surface area contributed by atoms with Gasteiger partial charge in [-0.05, 0) is 38.5 Å². The Morgan fingerprint density at radius 2 is 1.83 bits per heavy atom. The predicted octanol–water partition coefficient (Wildman–Crippen LogP) is 4.11. The Balaban J connectivity index is 3.03. The second-order valence-electron chi connectivity index (χ2n) is 6.01. The van der Waals surface area contributed by atoms with E-state index < -0.39 is 5.60 Å². The van der Waals surface area contributed by atoms with E-state index in [1.165, 1.54) is 0 Å². The van der Waals surface area contributed by atoms with Gasteiger partial charge in [-0.1, -0.05) is 32.1 Å². The highest BCUT2D eigenvalue weighted by Crippen LogP contribution is 2.25. The Morgan fingerprint density at radius 1 is 1.22 bits per heavy atom. The maximum Gasteiger partial charge on any atom is 0.338 e. The van der Waals surface area contributed by atoms with Crippen LogP contribution >= 0.6 is 0 Å². The topological polar surface area (TPSA) is 26.3 Å². The van der Waals surface area contributed by atoms with Gasteiger partial charge in [-0.2, -0.15) is 0 Å². The van der Waals surface area contributed by atoms with E-state index in [9.17, 15) is 4.79 Å². The summed E-state index contributed by atoms with van der Waals surface area (Å²) in [5.41, 5.74) is 1.01. The molecule has 0 aliphatic heterocycles. The summed E-state index contributed by atoms with van der Waals surface area (Å²) in [6.45, 7) is 13.5. The lowest BCUT2D eigenvalue weighted by molar-refractivity contribution is 0.00694. The molecule has 18 heavy (non-hydrogen) atoms. The summed E-state index contributed by atoms with van der Waals surface area (Å²) >= 11 is 0. The summed E-state index contributed by atoms with van der Waals surface area (Å²) in [5.74, 6) is -0.288. The first-order valence-corrected chi connectivity index (χ1v) is 6.13. The zero-order valence-corrected chi connectivity index (χ0v) is 11.9. The zero-order valence-electron chi connectivity index (χ0n) is 11.9. The fourth-order valence-electron chi connectivity index (χ4n) is 1.50. The Hall–Kier alpha value is -1.57. The van der Waals surface area contributed by atoms with Gasteiger partial charge in [0.05, 0.1) is 5.56 Å². The van der Waals surface area contributed by atoms with E-state index in [2.05, 4.69) is 20.4 Å². The lowest BCUT2D eigenvalue weighted by Gasteiger charge is -2.22. The third-order valence-electron chi connectivity index (χ3n) is 2.75. The number of carbonyl (C=O) groups is 1. The molecule has 0 spiro atoms. The molecule has 2 nitrogen and oxygen atoms in total. The predicted molar refractivity (Wildman–Crippen MR) is 74.8 cm³/mol. The van der Waals surface area contributed by atoms with Gasteiger partial charge in [0.15, 0.2) is 0 Å². The lowest BCUT2D eigenvalue weighted by atomic mass is 9.84. The molecule has 0 aromatic heterocycles. The Kier molecular flexibility index (Phi) is 4.00. The van der Waals surface area contributed by atoms with E-state index >= 15 is 0 Å². The highest BCUT2D eigenvalue weighted by molar-refractivity contribution is 5.90. The van der Waals surface area contributed by atoms with Crippen molar-refractivity contribution in [3.63, 3.8) is 0 Å². The smallest absolute Gasteiger partial charge is 0.338 e. The Bertz CT molecular complexity index is 450. The van der Waals surface area contributed by atoms with Gasteiger partial charge in [-0.15, -0.1) is 6.58 Å². The van der Waals surface area contributed by atoms with E-state index in [0.717, 1.165) is 5.56 Å². The molecule has 0 aliphatic rings. The number of ether oxygens (including phenoxy) is 1. The molecule has 0 heterocycles. The number of hydrogen-bond donors (Lipinski definition) is 0. The number of hydrogen-bond acceptors (Lipinski definition) is 2. The maximum atomic E-state index is 12.0. The monoisotopic (exact) mass is 246 g/mol. The average Bonchev–Trinajstić information content (AvgIpc) is 2.27. The van der Waals surface area contributed by atoms with Crippen LogP contribution in [0.3, 0.4) is 0 Å². The number of carbonyl (C=O) groups excluding carboxylic acids is 1. The SMILES string of the molecule is C=CC(C)(C)c1cccc(C(=O)OC(C)(C)C)c1.